The molecule has 1 aromatic heterocycles. The minimum atomic E-state index is -0.175. The maximum atomic E-state index is 12.1. The van der Waals surface area contributed by atoms with Crippen LogP contribution in [0, 0.1) is 13.8 Å². The van der Waals surface area contributed by atoms with Crippen molar-refractivity contribution in [2.75, 3.05) is 5.32 Å². The fraction of sp³-hybridized carbons (Fsp3) is 0.143. The summed E-state index contributed by atoms with van der Waals surface area (Å²) in [5.74, 6) is -0.175. The standard InChI is InChI=1S/C14H13ClN2O/c1-9-3-4-10(2)11(7-9)14(18)17-13-8-16-6-5-12(13)15/h3-8H,1-2H3,(H,17,18). The molecule has 2 rings (SSSR count). The van der Waals surface area contributed by atoms with E-state index < -0.39 is 0 Å². The lowest BCUT2D eigenvalue weighted by atomic mass is 10.1. The largest absolute Gasteiger partial charge is 0.319 e. The van der Waals surface area contributed by atoms with Gasteiger partial charge in [-0.3, -0.25) is 9.78 Å². The molecule has 0 spiro atoms. The molecule has 0 fully saturated rings. The smallest absolute Gasteiger partial charge is 0.256 e. The van der Waals surface area contributed by atoms with Gasteiger partial charge in [-0.2, -0.15) is 0 Å². The molecule has 0 aliphatic carbocycles. The number of anilines is 1. The zero-order valence-corrected chi connectivity index (χ0v) is 11.0. The van der Waals surface area contributed by atoms with Gasteiger partial charge >= 0.3 is 0 Å². The van der Waals surface area contributed by atoms with Gasteiger partial charge in [0.25, 0.3) is 5.91 Å². The summed E-state index contributed by atoms with van der Waals surface area (Å²) in [6.07, 6.45) is 3.11. The first-order valence-corrected chi connectivity index (χ1v) is 5.94. The molecule has 1 N–H and O–H groups in total. The molecule has 0 aliphatic heterocycles. The maximum Gasteiger partial charge on any atom is 0.256 e. The summed E-state index contributed by atoms with van der Waals surface area (Å²) < 4.78 is 0. The van der Waals surface area contributed by atoms with Gasteiger partial charge in [-0.15, -0.1) is 0 Å². The predicted molar refractivity (Wildman–Crippen MR) is 73.1 cm³/mol. The Kier molecular flexibility index (Phi) is 3.63. The van der Waals surface area contributed by atoms with Crippen molar-refractivity contribution in [3.63, 3.8) is 0 Å². The normalized spacial score (nSPS) is 10.2. The van der Waals surface area contributed by atoms with Crippen LogP contribution in [0.25, 0.3) is 0 Å². The Labute approximate surface area is 111 Å². The van der Waals surface area contributed by atoms with Crippen molar-refractivity contribution in [2.45, 2.75) is 13.8 Å². The number of nitrogens with zero attached hydrogens (tertiary/aromatic N) is 1. The van der Waals surface area contributed by atoms with Gasteiger partial charge in [0.15, 0.2) is 0 Å². The fourth-order valence-electron chi connectivity index (χ4n) is 1.64. The number of amides is 1. The monoisotopic (exact) mass is 260 g/mol. The van der Waals surface area contributed by atoms with Crippen molar-refractivity contribution in [3.05, 3.63) is 58.4 Å². The van der Waals surface area contributed by atoms with E-state index in [1.54, 1.807) is 12.3 Å². The van der Waals surface area contributed by atoms with Crippen LogP contribution in [0.3, 0.4) is 0 Å². The number of nitrogens with one attached hydrogen (secondary N) is 1. The molecule has 0 saturated carbocycles. The molecule has 1 aromatic carbocycles. The molecular weight excluding hydrogens is 248 g/mol. The minimum absolute atomic E-state index is 0.175. The van der Waals surface area contributed by atoms with Gasteiger partial charge in [0, 0.05) is 11.8 Å². The molecule has 0 aliphatic rings. The number of halogens is 1. The van der Waals surface area contributed by atoms with Crippen molar-refractivity contribution in [1.29, 1.82) is 0 Å². The molecule has 0 atom stereocenters. The summed E-state index contributed by atoms with van der Waals surface area (Å²) in [4.78, 5) is 16.1. The second-order valence-corrected chi connectivity index (χ2v) is 4.54. The lowest BCUT2D eigenvalue weighted by molar-refractivity contribution is 0.102. The molecule has 18 heavy (non-hydrogen) atoms. The van der Waals surface area contributed by atoms with Crippen molar-refractivity contribution < 1.29 is 4.79 Å². The summed E-state index contributed by atoms with van der Waals surface area (Å²) >= 11 is 5.97. The van der Waals surface area contributed by atoms with Gasteiger partial charge in [-0.05, 0) is 31.5 Å². The van der Waals surface area contributed by atoms with Crippen LogP contribution in [0.1, 0.15) is 21.5 Å². The number of aryl methyl sites for hydroxylation is 2. The number of aromatic nitrogens is 1. The minimum Gasteiger partial charge on any atom is -0.319 e. The van der Waals surface area contributed by atoms with E-state index >= 15 is 0 Å². The molecule has 0 radical (unpaired) electrons. The third-order valence-electron chi connectivity index (χ3n) is 2.65. The number of carbonyl (C=O) groups excluding carboxylic acids is 1. The van der Waals surface area contributed by atoms with Crippen LogP contribution in [0.2, 0.25) is 5.02 Å². The zero-order valence-electron chi connectivity index (χ0n) is 10.2. The van der Waals surface area contributed by atoms with Crippen LogP contribution >= 0.6 is 11.6 Å². The molecule has 2 aromatic rings. The van der Waals surface area contributed by atoms with Crippen molar-refractivity contribution in [3.8, 4) is 0 Å². The second-order valence-electron chi connectivity index (χ2n) is 4.13. The predicted octanol–water partition coefficient (Wildman–Crippen LogP) is 3.60. The van der Waals surface area contributed by atoms with Gasteiger partial charge in [0.05, 0.1) is 16.9 Å². The lowest BCUT2D eigenvalue weighted by Gasteiger charge is -2.09. The molecule has 1 amide bonds. The van der Waals surface area contributed by atoms with Crippen LogP contribution in [-0.2, 0) is 0 Å². The Morgan fingerprint density at radius 1 is 1.28 bits per heavy atom. The number of pyridine rings is 1. The Morgan fingerprint density at radius 3 is 2.78 bits per heavy atom. The molecule has 3 nitrogen and oxygen atoms in total. The van der Waals surface area contributed by atoms with E-state index in [4.69, 9.17) is 11.6 Å². The maximum absolute atomic E-state index is 12.1. The van der Waals surface area contributed by atoms with Crippen LogP contribution in [0.15, 0.2) is 36.7 Å². The fourth-order valence-corrected chi connectivity index (χ4v) is 1.79. The van der Waals surface area contributed by atoms with Crippen molar-refractivity contribution in [1.82, 2.24) is 4.98 Å². The zero-order chi connectivity index (χ0) is 13.1. The number of benzene rings is 1. The number of hydrogen-bond donors (Lipinski definition) is 1. The molecule has 92 valence electrons. The molecule has 0 bridgehead atoms. The van der Waals surface area contributed by atoms with E-state index in [2.05, 4.69) is 10.3 Å². The van der Waals surface area contributed by atoms with E-state index in [9.17, 15) is 4.79 Å². The Balaban J connectivity index is 2.28. The molecule has 4 heteroatoms. The van der Waals surface area contributed by atoms with E-state index in [1.807, 2.05) is 32.0 Å². The van der Waals surface area contributed by atoms with Crippen LogP contribution in [0.4, 0.5) is 5.69 Å². The Hall–Kier alpha value is -1.87. The SMILES string of the molecule is Cc1ccc(C)c(C(=O)Nc2cnccc2Cl)c1. The molecule has 0 saturated heterocycles. The number of hydrogen-bond acceptors (Lipinski definition) is 2. The quantitative estimate of drug-likeness (QED) is 0.896. The number of carbonyl (C=O) groups is 1. The van der Waals surface area contributed by atoms with Crippen molar-refractivity contribution in [2.24, 2.45) is 0 Å². The topological polar surface area (TPSA) is 42.0 Å². The van der Waals surface area contributed by atoms with Crippen LogP contribution in [-0.4, -0.2) is 10.9 Å². The lowest BCUT2D eigenvalue weighted by Crippen LogP contribution is -2.14. The summed E-state index contributed by atoms with van der Waals surface area (Å²) in [5.41, 5.74) is 3.14. The highest BCUT2D eigenvalue weighted by atomic mass is 35.5. The van der Waals surface area contributed by atoms with Gasteiger partial charge < -0.3 is 5.32 Å². The van der Waals surface area contributed by atoms with E-state index in [0.29, 0.717) is 16.3 Å². The van der Waals surface area contributed by atoms with Crippen LogP contribution in [0.5, 0.6) is 0 Å². The average molecular weight is 261 g/mol. The van der Waals surface area contributed by atoms with E-state index in [0.717, 1.165) is 11.1 Å². The second kappa shape index (κ2) is 5.19. The summed E-state index contributed by atoms with van der Waals surface area (Å²) in [5, 5.41) is 3.24. The first kappa shape index (κ1) is 12.6. The third-order valence-corrected chi connectivity index (χ3v) is 2.98. The first-order chi connectivity index (χ1) is 8.58. The van der Waals surface area contributed by atoms with E-state index in [-0.39, 0.29) is 5.91 Å². The highest BCUT2D eigenvalue weighted by Gasteiger charge is 2.11. The average Bonchev–Trinajstić information content (AvgIpc) is 2.35. The van der Waals surface area contributed by atoms with Gasteiger partial charge in [0.1, 0.15) is 0 Å². The highest BCUT2D eigenvalue weighted by molar-refractivity contribution is 6.33. The summed E-state index contributed by atoms with van der Waals surface area (Å²) in [6, 6.07) is 7.40. The van der Waals surface area contributed by atoms with Gasteiger partial charge in [-0.25, -0.2) is 0 Å². The van der Waals surface area contributed by atoms with Crippen LogP contribution < -0.4 is 5.32 Å². The first-order valence-electron chi connectivity index (χ1n) is 5.56. The summed E-state index contributed by atoms with van der Waals surface area (Å²) in [6.45, 7) is 3.85. The highest BCUT2D eigenvalue weighted by Crippen LogP contribution is 2.20. The third kappa shape index (κ3) is 2.68. The summed E-state index contributed by atoms with van der Waals surface area (Å²) in [7, 11) is 0. The Bertz CT molecular complexity index is 596. The molecular formula is C14H13ClN2O. The Morgan fingerprint density at radius 2 is 2.06 bits per heavy atom. The van der Waals surface area contributed by atoms with Crippen molar-refractivity contribution >= 4 is 23.2 Å². The number of rotatable bonds is 2. The van der Waals surface area contributed by atoms with E-state index in [1.165, 1.54) is 6.20 Å². The molecule has 1 heterocycles. The van der Waals surface area contributed by atoms with Gasteiger partial charge in [0.2, 0.25) is 0 Å². The molecule has 0 unspecified atom stereocenters. The van der Waals surface area contributed by atoms with Gasteiger partial charge in [-0.1, -0.05) is 29.3 Å².